The number of amides is 1. The topological polar surface area (TPSA) is 48.9 Å². The summed E-state index contributed by atoms with van der Waals surface area (Å²) in [5.41, 5.74) is -0.432. The van der Waals surface area contributed by atoms with E-state index in [1.807, 2.05) is 25.7 Å². The number of rotatable bonds is 3. The highest BCUT2D eigenvalue weighted by Crippen LogP contribution is 2.34. The van der Waals surface area contributed by atoms with E-state index in [1.165, 1.54) is 0 Å². The van der Waals surface area contributed by atoms with Gasteiger partial charge in [0.1, 0.15) is 17.1 Å². The van der Waals surface area contributed by atoms with Gasteiger partial charge in [0, 0.05) is 49.8 Å². The van der Waals surface area contributed by atoms with Crippen LogP contribution in [0.5, 0.6) is 0 Å². The van der Waals surface area contributed by atoms with Crippen LogP contribution in [0.2, 0.25) is 5.02 Å². The van der Waals surface area contributed by atoms with Crippen LogP contribution in [0.25, 0.3) is 0 Å². The Morgan fingerprint density at radius 1 is 1.28 bits per heavy atom. The van der Waals surface area contributed by atoms with E-state index in [-0.39, 0.29) is 23.9 Å². The molecule has 3 rings (SSSR count). The van der Waals surface area contributed by atoms with E-state index in [4.69, 9.17) is 16.3 Å². The summed E-state index contributed by atoms with van der Waals surface area (Å²) < 4.78 is 31.9. The third kappa shape index (κ3) is 4.74. The number of carbonyl (C=O) groups is 1. The molecule has 0 aromatic carbocycles. The molecule has 29 heavy (non-hydrogen) atoms. The molecule has 3 heterocycles. The van der Waals surface area contributed by atoms with Gasteiger partial charge in [-0.05, 0) is 46.2 Å². The van der Waals surface area contributed by atoms with Gasteiger partial charge in [-0.25, -0.2) is 18.6 Å². The van der Waals surface area contributed by atoms with E-state index in [0.29, 0.717) is 36.0 Å². The normalized spacial score (nSPS) is 23.3. The number of carbonyl (C=O) groups excluding carboxylic acids is 1. The lowest BCUT2D eigenvalue weighted by atomic mass is 9.95. The summed E-state index contributed by atoms with van der Waals surface area (Å²) >= 11 is 6.15. The minimum absolute atomic E-state index is 0.125. The number of halogens is 3. The molecule has 1 amide bonds. The van der Waals surface area contributed by atoms with E-state index in [0.717, 1.165) is 13.1 Å². The summed E-state index contributed by atoms with van der Waals surface area (Å²) in [6.07, 6.45) is -2.93. The predicted molar refractivity (Wildman–Crippen MR) is 109 cm³/mol. The van der Waals surface area contributed by atoms with Gasteiger partial charge in [-0.2, -0.15) is 0 Å². The van der Waals surface area contributed by atoms with Gasteiger partial charge >= 0.3 is 6.09 Å². The van der Waals surface area contributed by atoms with Crippen molar-refractivity contribution in [2.45, 2.75) is 58.7 Å². The summed E-state index contributed by atoms with van der Waals surface area (Å²) in [4.78, 5) is 22.5. The van der Waals surface area contributed by atoms with Crippen LogP contribution >= 0.6 is 11.6 Å². The van der Waals surface area contributed by atoms with Crippen molar-refractivity contribution in [3.05, 3.63) is 22.3 Å². The van der Waals surface area contributed by atoms with Crippen LogP contribution in [0, 0.1) is 6.92 Å². The Hall–Kier alpha value is -1.67. The van der Waals surface area contributed by atoms with Crippen molar-refractivity contribution in [1.82, 2.24) is 14.8 Å². The van der Waals surface area contributed by atoms with Crippen molar-refractivity contribution in [2.24, 2.45) is 0 Å². The highest BCUT2D eigenvalue weighted by Gasteiger charge is 2.42. The molecule has 0 unspecified atom stereocenters. The number of aromatic nitrogens is 1. The molecular weight excluding hydrogens is 402 g/mol. The van der Waals surface area contributed by atoms with Crippen LogP contribution in [0.15, 0.2) is 6.07 Å². The first-order valence-corrected chi connectivity index (χ1v) is 10.3. The van der Waals surface area contributed by atoms with E-state index >= 15 is 0 Å². The van der Waals surface area contributed by atoms with Gasteiger partial charge in [-0.15, -0.1) is 0 Å². The molecule has 0 saturated carbocycles. The molecule has 1 aromatic heterocycles. The molecule has 9 heteroatoms. The van der Waals surface area contributed by atoms with E-state index in [2.05, 4.69) is 16.8 Å². The lowest BCUT2D eigenvalue weighted by Gasteiger charge is -2.53. The Kier molecular flexibility index (Phi) is 6.24. The lowest BCUT2D eigenvalue weighted by Crippen LogP contribution is -2.68. The number of nitrogens with zero attached hydrogens (tertiary/aromatic N) is 4. The first-order chi connectivity index (χ1) is 13.5. The van der Waals surface area contributed by atoms with Gasteiger partial charge in [0.2, 0.25) is 0 Å². The molecule has 162 valence electrons. The quantitative estimate of drug-likeness (QED) is 0.722. The number of anilines is 1. The second-order valence-corrected chi connectivity index (χ2v) is 9.14. The summed E-state index contributed by atoms with van der Waals surface area (Å²) in [7, 11) is 0. The number of alkyl halides is 2. The average molecular weight is 431 g/mol. The maximum atomic E-state index is 13.3. The molecule has 0 aliphatic carbocycles. The molecule has 2 aliphatic heterocycles. The fourth-order valence-electron chi connectivity index (χ4n) is 3.82. The number of pyridine rings is 1. The summed E-state index contributed by atoms with van der Waals surface area (Å²) in [6.45, 7) is 12.6. The average Bonchev–Trinajstić information content (AvgIpc) is 2.62. The van der Waals surface area contributed by atoms with E-state index < -0.39 is 12.0 Å². The molecule has 0 bridgehead atoms. The first kappa shape index (κ1) is 22.0. The molecule has 2 aliphatic rings. The standard InChI is InChI=1S/C20H29ClF2N4O2/c1-12-14(21)10-16(24-17(12)18(22)23)27-11-15(13(27)2)25-6-8-26(9-7-25)19(28)29-20(3,4)5/h10,13,15,18H,6-9,11H2,1-5H3/t13-,15-/m1/s1. The monoisotopic (exact) mass is 430 g/mol. The molecule has 0 N–H and O–H groups in total. The van der Waals surface area contributed by atoms with Gasteiger partial charge in [-0.1, -0.05) is 11.6 Å². The van der Waals surface area contributed by atoms with Crippen LogP contribution in [-0.4, -0.2) is 71.3 Å². The molecule has 2 saturated heterocycles. The maximum Gasteiger partial charge on any atom is 0.410 e. The van der Waals surface area contributed by atoms with Crippen molar-refractivity contribution < 1.29 is 18.3 Å². The smallest absolute Gasteiger partial charge is 0.410 e. The largest absolute Gasteiger partial charge is 0.444 e. The predicted octanol–water partition coefficient (Wildman–Crippen LogP) is 4.11. The minimum atomic E-state index is -2.65. The SMILES string of the molecule is Cc1c(Cl)cc(N2C[C@@H](N3CCN(C(=O)OC(C)(C)C)CC3)[C@H]2C)nc1C(F)F. The van der Waals surface area contributed by atoms with Crippen molar-refractivity contribution in [3.63, 3.8) is 0 Å². The minimum Gasteiger partial charge on any atom is -0.444 e. The molecule has 0 spiro atoms. The summed E-state index contributed by atoms with van der Waals surface area (Å²) in [5, 5.41) is 0.312. The second-order valence-electron chi connectivity index (χ2n) is 8.74. The fraction of sp³-hybridized carbons (Fsp3) is 0.700. The molecule has 1 aromatic rings. The first-order valence-electron chi connectivity index (χ1n) is 9.91. The van der Waals surface area contributed by atoms with E-state index in [1.54, 1.807) is 17.9 Å². The van der Waals surface area contributed by atoms with Crippen LogP contribution in [-0.2, 0) is 4.74 Å². The second kappa shape index (κ2) is 8.22. The highest BCUT2D eigenvalue weighted by atomic mass is 35.5. The van der Waals surface area contributed by atoms with E-state index in [9.17, 15) is 13.6 Å². The molecule has 6 nitrogen and oxygen atoms in total. The lowest BCUT2D eigenvalue weighted by molar-refractivity contribution is 0.00572. The van der Waals surface area contributed by atoms with Gasteiger partial charge in [0.05, 0.1) is 0 Å². The third-order valence-electron chi connectivity index (χ3n) is 5.60. The van der Waals surface area contributed by atoms with Crippen molar-refractivity contribution in [3.8, 4) is 0 Å². The van der Waals surface area contributed by atoms with Crippen molar-refractivity contribution in [1.29, 1.82) is 0 Å². The number of ether oxygens (including phenoxy) is 1. The molecular formula is C20H29ClF2N4O2. The number of hydrogen-bond acceptors (Lipinski definition) is 5. The summed E-state index contributed by atoms with van der Waals surface area (Å²) in [6, 6.07) is 2.07. The van der Waals surface area contributed by atoms with Gasteiger partial charge in [0.15, 0.2) is 0 Å². The Morgan fingerprint density at radius 3 is 2.41 bits per heavy atom. The van der Waals surface area contributed by atoms with Gasteiger partial charge in [0.25, 0.3) is 6.43 Å². The van der Waals surface area contributed by atoms with Crippen LogP contribution < -0.4 is 4.90 Å². The molecule has 2 atom stereocenters. The van der Waals surface area contributed by atoms with Crippen molar-refractivity contribution >= 4 is 23.5 Å². The number of hydrogen-bond donors (Lipinski definition) is 0. The Morgan fingerprint density at radius 2 is 1.90 bits per heavy atom. The van der Waals surface area contributed by atoms with Crippen LogP contribution in [0.1, 0.15) is 45.4 Å². The Labute approximate surface area is 175 Å². The number of piperazine rings is 1. The Bertz CT molecular complexity index is 764. The third-order valence-corrected chi connectivity index (χ3v) is 5.99. The maximum absolute atomic E-state index is 13.3. The van der Waals surface area contributed by atoms with Gasteiger partial charge < -0.3 is 14.5 Å². The highest BCUT2D eigenvalue weighted by molar-refractivity contribution is 6.31. The molecule has 2 fully saturated rings. The zero-order valence-electron chi connectivity index (χ0n) is 17.6. The zero-order valence-corrected chi connectivity index (χ0v) is 18.3. The van der Waals surface area contributed by atoms with Gasteiger partial charge in [-0.3, -0.25) is 4.90 Å². The zero-order chi connectivity index (χ0) is 21.5. The Balaban J connectivity index is 1.58. The molecule has 0 radical (unpaired) electrons. The fourth-order valence-corrected chi connectivity index (χ4v) is 4.01. The summed E-state index contributed by atoms with van der Waals surface area (Å²) in [5.74, 6) is 0.493. The van der Waals surface area contributed by atoms with Crippen LogP contribution in [0.3, 0.4) is 0 Å². The van der Waals surface area contributed by atoms with Crippen LogP contribution in [0.4, 0.5) is 19.4 Å². The van der Waals surface area contributed by atoms with Crippen molar-refractivity contribution in [2.75, 3.05) is 37.6 Å².